The summed E-state index contributed by atoms with van der Waals surface area (Å²) in [5.74, 6) is 0. The summed E-state index contributed by atoms with van der Waals surface area (Å²) >= 11 is 0. The van der Waals surface area contributed by atoms with Gasteiger partial charge in [0, 0.05) is 13.1 Å². The summed E-state index contributed by atoms with van der Waals surface area (Å²) in [6, 6.07) is 0. The highest BCUT2D eigenvalue weighted by atomic mass is 16.3. The zero-order valence-electron chi connectivity index (χ0n) is 7.69. The van der Waals surface area contributed by atoms with Gasteiger partial charge in [0.2, 0.25) is 0 Å². The van der Waals surface area contributed by atoms with Gasteiger partial charge in [0.05, 0.1) is 31.8 Å². The van der Waals surface area contributed by atoms with E-state index in [0.717, 1.165) is 0 Å². The van der Waals surface area contributed by atoms with E-state index in [1.165, 1.54) is 0 Å². The summed E-state index contributed by atoms with van der Waals surface area (Å²) in [6.07, 6.45) is 0. The van der Waals surface area contributed by atoms with Crippen LogP contribution in [-0.4, -0.2) is 59.9 Å². The summed E-state index contributed by atoms with van der Waals surface area (Å²) in [4.78, 5) is 0. The van der Waals surface area contributed by atoms with Gasteiger partial charge in [-0.2, -0.15) is 0 Å². The Kier molecular flexibility index (Phi) is 11.5. The zero-order valence-corrected chi connectivity index (χ0v) is 7.69. The highest BCUT2D eigenvalue weighted by Crippen LogP contribution is 2.11. The van der Waals surface area contributed by atoms with Crippen LogP contribution in [-0.2, 0) is 0 Å². The van der Waals surface area contributed by atoms with Crippen LogP contribution in [0, 0.1) is 5.41 Å². The van der Waals surface area contributed by atoms with E-state index in [2.05, 4.69) is 0 Å². The van der Waals surface area contributed by atoms with Gasteiger partial charge in [0.15, 0.2) is 0 Å². The average molecular weight is 196 g/mol. The van der Waals surface area contributed by atoms with Crippen molar-refractivity contribution in [2.45, 2.75) is 0 Å². The molecule has 0 aliphatic heterocycles. The van der Waals surface area contributed by atoms with E-state index in [1.54, 1.807) is 0 Å². The van der Waals surface area contributed by atoms with E-state index in [0.29, 0.717) is 13.1 Å². The molecule has 0 aliphatic carbocycles. The van der Waals surface area contributed by atoms with Crippen LogP contribution in [0.15, 0.2) is 0 Å². The molecule has 13 heavy (non-hydrogen) atoms. The highest BCUT2D eigenvalue weighted by molar-refractivity contribution is 4.74. The van der Waals surface area contributed by atoms with Crippen molar-refractivity contribution in [1.29, 1.82) is 0 Å². The van der Waals surface area contributed by atoms with Gasteiger partial charge in [-0.3, -0.25) is 0 Å². The summed E-state index contributed by atoms with van der Waals surface area (Å²) in [6.45, 7) is -0.431. The van der Waals surface area contributed by atoms with Crippen LogP contribution in [0.1, 0.15) is 0 Å². The van der Waals surface area contributed by atoms with E-state index in [9.17, 15) is 0 Å². The summed E-state index contributed by atoms with van der Waals surface area (Å²) < 4.78 is 0. The highest BCUT2D eigenvalue weighted by Gasteiger charge is 2.26. The standard InChI is InChI=1S/C5H12O4.C2H8N2/c6-1-5(2-7,3-8)4-9;3-1-2-4/h6-9H,1-4H2;1-4H2. The molecule has 0 aromatic heterocycles. The maximum absolute atomic E-state index is 8.50. The maximum atomic E-state index is 8.50. The molecule has 0 aliphatic rings. The molecule has 0 saturated carbocycles. The quantitative estimate of drug-likeness (QED) is 0.275. The molecule has 0 amide bonds. The first-order valence-corrected chi connectivity index (χ1v) is 4.00. The van der Waals surface area contributed by atoms with E-state index in [-0.39, 0.29) is 0 Å². The Bertz CT molecular complexity index is 79.0. The lowest BCUT2D eigenvalue weighted by molar-refractivity contribution is -0.0328. The van der Waals surface area contributed by atoms with Gasteiger partial charge in [-0.25, -0.2) is 0 Å². The van der Waals surface area contributed by atoms with Gasteiger partial charge in [-0.1, -0.05) is 0 Å². The molecule has 0 fully saturated rings. The first-order chi connectivity index (χ1) is 6.16. The molecule has 0 saturated heterocycles. The van der Waals surface area contributed by atoms with E-state index >= 15 is 0 Å². The predicted molar refractivity (Wildman–Crippen MR) is 48.9 cm³/mol. The monoisotopic (exact) mass is 196 g/mol. The van der Waals surface area contributed by atoms with Crippen LogP contribution in [0.4, 0.5) is 0 Å². The molecule has 0 spiro atoms. The number of rotatable bonds is 5. The number of hydrogen-bond acceptors (Lipinski definition) is 6. The molecule has 0 atom stereocenters. The Morgan fingerprint density at radius 2 is 0.923 bits per heavy atom. The average Bonchev–Trinajstić information content (AvgIpc) is 2.23. The van der Waals surface area contributed by atoms with Crippen molar-refractivity contribution in [1.82, 2.24) is 0 Å². The summed E-state index contributed by atoms with van der Waals surface area (Å²) in [7, 11) is 0. The van der Waals surface area contributed by atoms with Crippen LogP contribution < -0.4 is 11.5 Å². The van der Waals surface area contributed by atoms with Crippen molar-refractivity contribution < 1.29 is 20.4 Å². The third kappa shape index (κ3) is 6.88. The fourth-order valence-corrected chi connectivity index (χ4v) is 0.300. The molecule has 6 nitrogen and oxygen atoms in total. The van der Waals surface area contributed by atoms with Crippen LogP contribution in [0.5, 0.6) is 0 Å². The lowest BCUT2D eigenvalue weighted by atomic mass is 9.93. The fourth-order valence-electron chi connectivity index (χ4n) is 0.300. The Morgan fingerprint density at radius 1 is 0.692 bits per heavy atom. The van der Waals surface area contributed by atoms with E-state index in [4.69, 9.17) is 31.9 Å². The Hall–Kier alpha value is -0.240. The van der Waals surface area contributed by atoms with Crippen LogP contribution in [0.25, 0.3) is 0 Å². The minimum Gasteiger partial charge on any atom is -0.396 e. The van der Waals surface area contributed by atoms with Crippen molar-refractivity contribution in [2.75, 3.05) is 39.5 Å². The largest absolute Gasteiger partial charge is 0.396 e. The Balaban J connectivity index is 0. The van der Waals surface area contributed by atoms with Gasteiger partial charge in [-0.15, -0.1) is 0 Å². The van der Waals surface area contributed by atoms with Gasteiger partial charge in [-0.05, 0) is 0 Å². The second-order valence-electron chi connectivity index (χ2n) is 2.71. The smallest absolute Gasteiger partial charge is 0.0627 e. The van der Waals surface area contributed by atoms with Crippen molar-refractivity contribution in [3.8, 4) is 0 Å². The van der Waals surface area contributed by atoms with Gasteiger partial charge >= 0.3 is 0 Å². The second kappa shape index (κ2) is 9.85. The van der Waals surface area contributed by atoms with E-state index in [1.807, 2.05) is 0 Å². The summed E-state index contributed by atoms with van der Waals surface area (Å²) in [5, 5.41) is 34.0. The third-order valence-corrected chi connectivity index (χ3v) is 1.51. The van der Waals surface area contributed by atoms with Crippen LogP contribution in [0.2, 0.25) is 0 Å². The molecule has 8 N–H and O–H groups in total. The van der Waals surface area contributed by atoms with Gasteiger partial charge in [0.1, 0.15) is 0 Å². The van der Waals surface area contributed by atoms with Crippen molar-refractivity contribution in [3.63, 3.8) is 0 Å². The second-order valence-corrected chi connectivity index (χ2v) is 2.71. The normalized spacial score (nSPS) is 10.6. The molecular formula is C7H20N2O4. The van der Waals surface area contributed by atoms with Crippen LogP contribution >= 0.6 is 0 Å². The molecule has 82 valence electrons. The minimum atomic E-state index is -1.11. The minimum absolute atomic E-state index is 0.406. The van der Waals surface area contributed by atoms with Crippen molar-refractivity contribution in [2.24, 2.45) is 16.9 Å². The topological polar surface area (TPSA) is 133 Å². The van der Waals surface area contributed by atoms with Crippen LogP contribution in [0.3, 0.4) is 0 Å². The number of nitrogens with two attached hydrogens (primary N) is 2. The number of aliphatic hydroxyl groups excluding tert-OH is 4. The molecule has 0 unspecified atom stereocenters. The predicted octanol–water partition coefficient (Wildman–Crippen LogP) is -3.15. The molecule has 0 bridgehead atoms. The summed E-state index contributed by atoms with van der Waals surface area (Å²) in [5.41, 5.74) is 8.69. The number of hydrogen-bond donors (Lipinski definition) is 6. The Labute approximate surface area is 77.8 Å². The SMILES string of the molecule is NCCN.OCC(CO)(CO)CO. The maximum Gasteiger partial charge on any atom is 0.0627 e. The molecule has 0 aromatic carbocycles. The molecule has 6 heteroatoms. The molecular weight excluding hydrogens is 176 g/mol. The van der Waals surface area contributed by atoms with Gasteiger partial charge in [0.25, 0.3) is 0 Å². The first kappa shape index (κ1) is 15.2. The Morgan fingerprint density at radius 3 is 0.923 bits per heavy atom. The molecule has 0 radical (unpaired) electrons. The fraction of sp³-hybridized carbons (Fsp3) is 1.00. The van der Waals surface area contributed by atoms with Crippen molar-refractivity contribution >= 4 is 0 Å². The van der Waals surface area contributed by atoms with Gasteiger partial charge < -0.3 is 31.9 Å². The molecule has 0 rings (SSSR count). The third-order valence-electron chi connectivity index (χ3n) is 1.51. The molecule has 0 heterocycles. The lowest BCUT2D eigenvalue weighted by Gasteiger charge is -2.23. The molecule has 0 aromatic rings. The van der Waals surface area contributed by atoms with E-state index < -0.39 is 31.8 Å². The lowest BCUT2D eigenvalue weighted by Crippen LogP contribution is -2.37. The number of aliphatic hydroxyl groups is 4. The first-order valence-electron chi connectivity index (χ1n) is 4.00. The zero-order chi connectivity index (χ0) is 10.7. The van der Waals surface area contributed by atoms with Crippen molar-refractivity contribution in [3.05, 3.63) is 0 Å².